The molecule has 0 aromatic carbocycles. The molecule has 2 heterocycles. The summed E-state index contributed by atoms with van der Waals surface area (Å²) in [5, 5.41) is 0. The van der Waals surface area contributed by atoms with Crippen LogP contribution in [0, 0.1) is 6.04 Å². The van der Waals surface area contributed by atoms with Gasteiger partial charge in [-0.25, -0.2) is 0 Å². The highest BCUT2D eigenvalue weighted by Crippen LogP contribution is 2.50. The fourth-order valence-electron chi connectivity index (χ4n) is 6.34. The van der Waals surface area contributed by atoms with Crippen molar-refractivity contribution < 1.29 is 30.7 Å². The van der Waals surface area contributed by atoms with E-state index in [4.69, 9.17) is 30.7 Å². The van der Waals surface area contributed by atoms with Gasteiger partial charge in [0, 0.05) is 13.2 Å². The second kappa shape index (κ2) is 14.9. The van der Waals surface area contributed by atoms with Gasteiger partial charge >= 0.3 is 0 Å². The molecule has 0 saturated carbocycles. The molecule has 2 saturated heterocycles. The van der Waals surface area contributed by atoms with Crippen molar-refractivity contribution >= 4 is 64.6 Å². The maximum atomic E-state index is 8.01. The maximum absolute atomic E-state index is 8.01. The molecule has 2 fully saturated rings. The minimum absolute atomic E-state index is 0.369. The van der Waals surface area contributed by atoms with Crippen molar-refractivity contribution in [2.45, 2.75) is 161 Å². The van der Waals surface area contributed by atoms with Gasteiger partial charge in [-0.2, -0.15) is 0 Å². The van der Waals surface area contributed by atoms with Crippen molar-refractivity contribution in [3.8, 4) is 0 Å². The molecule has 2 aliphatic rings. The molecule has 0 aromatic heterocycles. The van der Waals surface area contributed by atoms with Gasteiger partial charge in [-0.1, -0.05) is 26.2 Å². The largest absolute Gasteiger partial charge is 0.456 e. The minimum Gasteiger partial charge on any atom is -0.456 e. The lowest BCUT2D eigenvalue weighted by atomic mass is 10.4. The van der Waals surface area contributed by atoms with Crippen molar-refractivity contribution in [1.29, 1.82) is 0 Å². The first-order valence-electron chi connectivity index (χ1n) is 16.8. The summed E-state index contributed by atoms with van der Waals surface area (Å²) in [6, 6.07) is 4.61. The Hall–Kier alpha value is 1.46. The summed E-state index contributed by atoms with van der Waals surface area (Å²) in [5.41, 5.74) is 0. The van der Waals surface area contributed by atoms with E-state index in [0.29, 0.717) is 0 Å². The first-order valence-corrected chi connectivity index (χ1v) is 42.3. The molecule has 43 heavy (non-hydrogen) atoms. The molecule has 0 aromatic rings. The quantitative estimate of drug-likeness (QED) is 0.116. The molecule has 2 aliphatic heterocycles. The molecule has 1 radical (unpaired) electrons. The Balaban J connectivity index is 3.13. The zero-order valence-electron chi connectivity index (χ0n) is 31.0. The number of rotatable bonds is 16. The number of hydrogen-bond acceptors (Lipinski definition) is 7. The first-order chi connectivity index (χ1) is 19.3. The monoisotopic (exact) mass is 741 g/mol. The molecule has 15 heteroatoms. The van der Waals surface area contributed by atoms with Crippen molar-refractivity contribution in [3.05, 3.63) is 6.04 Å². The Labute approximate surface area is 274 Å². The third-order valence-electron chi connectivity index (χ3n) is 7.42. The van der Waals surface area contributed by atoms with Crippen LogP contribution >= 0.6 is 0 Å². The average Bonchev–Trinajstić information content (AvgIpc) is 2.79. The summed E-state index contributed by atoms with van der Waals surface area (Å²) in [5.74, 6) is -0.738. The highest BCUT2D eigenvalue weighted by Gasteiger charge is 2.79. The van der Waals surface area contributed by atoms with Crippen LogP contribution in [0.25, 0.3) is 0 Å². The molecule has 2 unspecified atom stereocenters. The van der Waals surface area contributed by atoms with E-state index in [-0.39, 0.29) is 11.8 Å². The summed E-state index contributed by atoms with van der Waals surface area (Å²) in [4.78, 5) is 0. The second-order valence-corrected chi connectivity index (χ2v) is 59.4. The van der Waals surface area contributed by atoms with Crippen molar-refractivity contribution in [2.24, 2.45) is 0 Å². The Bertz CT molecular complexity index is 773. The van der Waals surface area contributed by atoms with E-state index in [1.807, 2.05) is 0 Å². The lowest BCUT2D eigenvalue weighted by Gasteiger charge is -2.62. The van der Waals surface area contributed by atoms with Gasteiger partial charge in [-0.05, 0) is 129 Å². The van der Waals surface area contributed by atoms with E-state index < -0.39 is 64.6 Å². The smallest absolute Gasteiger partial charge is 0.267 e. The average molecular weight is 743 g/mol. The fourth-order valence-corrected chi connectivity index (χ4v) is 65.2. The Kier molecular flexibility index (Phi) is 14.1. The third-order valence-corrected chi connectivity index (χ3v) is 46.9. The molecule has 7 nitrogen and oxygen atoms in total. The second-order valence-electron chi connectivity index (χ2n) is 17.5. The Morgan fingerprint density at radius 2 is 0.860 bits per heavy atom. The van der Waals surface area contributed by atoms with Gasteiger partial charge in [0.15, 0.2) is 41.6 Å². The number of hydrogen-bond donors (Lipinski definition) is 0. The lowest BCUT2D eigenvalue weighted by Crippen LogP contribution is -2.91. The van der Waals surface area contributed by atoms with Crippen molar-refractivity contribution in [1.82, 2.24) is 0 Å². The first kappa shape index (κ1) is 40.6. The normalized spacial score (nSPS) is 26.7. The Morgan fingerprint density at radius 3 is 1.07 bits per heavy atom. The molecule has 0 N–H and O–H groups in total. The van der Waals surface area contributed by atoms with Crippen LogP contribution in [0.2, 0.25) is 110 Å². The minimum atomic E-state index is -3.10. The fraction of sp³-hybridized carbons (Fsp3) is 0.964. The highest BCUT2D eigenvalue weighted by atomic mass is 29.7. The van der Waals surface area contributed by atoms with Gasteiger partial charge in [0.05, 0.1) is 0 Å². The van der Waals surface area contributed by atoms with Crippen LogP contribution < -0.4 is 0 Å². The summed E-state index contributed by atoms with van der Waals surface area (Å²) in [6.45, 7) is 38.3. The zero-order valence-corrected chi connectivity index (χ0v) is 39.0. The van der Waals surface area contributed by atoms with Gasteiger partial charge in [0.2, 0.25) is 7.35 Å². The maximum Gasteiger partial charge on any atom is 0.267 e. The van der Waals surface area contributed by atoms with E-state index in [1.165, 1.54) is 0 Å². The summed E-state index contributed by atoms with van der Waals surface area (Å²) < 4.78 is 52.1. The summed E-state index contributed by atoms with van der Waals surface area (Å²) >= 11 is 0. The van der Waals surface area contributed by atoms with E-state index in [0.717, 1.165) is 57.4 Å². The van der Waals surface area contributed by atoms with Crippen molar-refractivity contribution in [2.75, 3.05) is 13.2 Å². The van der Waals surface area contributed by atoms with E-state index >= 15 is 0 Å². The highest BCUT2D eigenvalue weighted by molar-refractivity contribution is 7.67. The predicted molar refractivity (Wildman–Crippen MR) is 202 cm³/mol. The van der Waals surface area contributed by atoms with Crippen LogP contribution in [0.15, 0.2) is 0 Å². The summed E-state index contributed by atoms with van der Waals surface area (Å²) in [6.07, 6.45) is 5.29. The SMILES string of the molecule is CC[CH][Si](O[Si](C)(C)C)([Si]1(C(O[Si](C)(C)C)O[Si](C)(C)C)CCCCO1)[Si]1(C(O[Si](C)(C)C)O[Si](C)(C)C)CCCCO1. The molecular weight excluding hydrogens is 673 g/mol. The summed E-state index contributed by atoms with van der Waals surface area (Å²) in [7, 11) is -19.4. The molecule has 0 bridgehead atoms. The third kappa shape index (κ3) is 11.3. The molecule has 2 rings (SSSR count). The van der Waals surface area contributed by atoms with Gasteiger partial charge in [-0.15, -0.1) is 0 Å². The van der Waals surface area contributed by atoms with Crippen LogP contribution in [0.3, 0.4) is 0 Å². The topological polar surface area (TPSA) is 64.6 Å². The van der Waals surface area contributed by atoms with Gasteiger partial charge < -0.3 is 30.7 Å². The van der Waals surface area contributed by atoms with E-state index in [9.17, 15) is 0 Å². The van der Waals surface area contributed by atoms with Gasteiger partial charge in [-0.3, -0.25) is 0 Å². The molecule has 0 amide bonds. The standard InChI is InChI=1S/C28H69O7Si8/c1-17-24-43(35-40(14,15)16,41(25-20-18-22-29-41)27(31-36(2,3)4)32-37(5,6)7)42(26-21-19-23-30-42)28(33-38(8,9)10)34-39(11,12)13/h24,27-28H,17-23,25-26H2,1-16H3. The van der Waals surface area contributed by atoms with Crippen LogP contribution in [-0.2, 0) is 30.7 Å². The van der Waals surface area contributed by atoms with Crippen LogP contribution in [0.1, 0.15) is 39.0 Å². The molecule has 0 aliphatic carbocycles. The zero-order chi connectivity index (χ0) is 33.2. The molecule has 2 atom stereocenters. The molecule has 255 valence electrons. The van der Waals surface area contributed by atoms with Gasteiger partial charge in [0.1, 0.15) is 11.8 Å². The van der Waals surface area contributed by atoms with Crippen LogP contribution in [0.4, 0.5) is 0 Å². The van der Waals surface area contributed by atoms with Gasteiger partial charge in [0.25, 0.3) is 15.7 Å². The van der Waals surface area contributed by atoms with Crippen LogP contribution in [-0.4, -0.2) is 89.6 Å². The van der Waals surface area contributed by atoms with E-state index in [2.05, 4.69) is 111 Å². The van der Waals surface area contributed by atoms with Crippen molar-refractivity contribution in [3.63, 3.8) is 0 Å². The molecular formula is C28H69O7Si8. The van der Waals surface area contributed by atoms with Crippen LogP contribution in [0.5, 0.6) is 0 Å². The predicted octanol–water partition coefficient (Wildman–Crippen LogP) is 8.74. The lowest BCUT2D eigenvalue weighted by molar-refractivity contribution is 0.0269. The van der Waals surface area contributed by atoms with E-state index in [1.54, 1.807) is 0 Å². The molecule has 0 spiro atoms. The Morgan fingerprint density at radius 1 is 0.535 bits per heavy atom.